The Morgan fingerprint density at radius 2 is 2.25 bits per heavy atom. The number of nitrogens with zero attached hydrogens (tertiary/aromatic N) is 3. The summed E-state index contributed by atoms with van der Waals surface area (Å²) in [5.74, 6) is 0. The predicted octanol–water partition coefficient (Wildman–Crippen LogP) is 1.58. The molecular formula is C7H11N3OS. The molecule has 0 unspecified atom stereocenters. The van der Waals surface area contributed by atoms with Gasteiger partial charge in [0, 0.05) is 19.2 Å². The Balaban J connectivity index is 2.91. The molecule has 0 aromatic rings. The standard InChI is InChI=1S/C7H11N3OS/c1-5-4-6(12-3)8-7(11)10(2)9-5/h4H2,1-3H3. The summed E-state index contributed by atoms with van der Waals surface area (Å²) < 4.78 is 0. The lowest BCUT2D eigenvalue weighted by atomic mass is 10.3. The van der Waals surface area contributed by atoms with Gasteiger partial charge >= 0.3 is 6.03 Å². The molecule has 1 rings (SSSR count). The number of rotatable bonds is 0. The molecular weight excluding hydrogens is 174 g/mol. The molecule has 0 bridgehead atoms. The highest BCUT2D eigenvalue weighted by Gasteiger charge is 2.13. The lowest BCUT2D eigenvalue weighted by Crippen LogP contribution is -2.16. The average molecular weight is 185 g/mol. The van der Waals surface area contributed by atoms with Crippen molar-refractivity contribution in [3.05, 3.63) is 0 Å². The maximum atomic E-state index is 11.1. The predicted molar refractivity (Wildman–Crippen MR) is 51.8 cm³/mol. The fourth-order valence-corrected chi connectivity index (χ4v) is 1.41. The van der Waals surface area contributed by atoms with E-state index in [1.807, 2.05) is 13.2 Å². The van der Waals surface area contributed by atoms with Crippen molar-refractivity contribution in [2.75, 3.05) is 13.3 Å². The monoisotopic (exact) mass is 185 g/mol. The van der Waals surface area contributed by atoms with Crippen LogP contribution in [0.25, 0.3) is 0 Å². The van der Waals surface area contributed by atoms with Crippen LogP contribution in [-0.4, -0.2) is 35.1 Å². The maximum Gasteiger partial charge on any atom is 0.364 e. The molecule has 5 heteroatoms. The fraction of sp³-hybridized carbons (Fsp3) is 0.571. The van der Waals surface area contributed by atoms with Gasteiger partial charge in [-0.15, -0.1) is 11.8 Å². The zero-order chi connectivity index (χ0) is 9.14. The van der Waals surface area contributed by atoms with E-state index in [9.17, 15) is 4.79 Å². The Morgan fingerprint density at radius 3 is 2.83 bits per heavy atom. The zero-order valence-electron chi connectivity index (χ0n) is 7.37. The average Bonchev–Trinajstić information content (AvgIpc) is 2.12. The van der Waals surface area contributed by atoms with Gasteiger partial charge in [0.15, 0.2) is 0 Å². The molecule has 1 aliphatic heterocycles. The zero-order valence-corrected chi connectivity index (χ0v) is 8.18. The second kappa shape index (κ2) is 3.71. The van der Waals surface area contributed by atoms with Gasteiger partial charge in [0.1, 0.15) is 0 Å². The topological polar surface area (TPSA) is 45.0 Å². The van der Waals surface area contributed by atoms with E-state index in [4.69, 9.17) is 0 Å². The second-order valence-electron chi connectivity index (χ2n) is 2.53. The number of amides is 2. The van der Waals surface area contributed by atoms with Crippen LogP contribution in [0.3, 0.4) is 0 Å². The number of hydrogen-bond donors (Lipinski definition) is 0. The first-order valence-corrected chi connectivity index (χ1v) is 4.79. The minimum absolute atomic E-state index is 0.295. The van der Waals surface area contributed by atoms with Crippen LogP contribution in [0, 0.1) is 0 Å². The van der Waals surface area contributed by atoms with Gasteiger partial charge in [0.05, 0.1) is 5.04 Å². The third-order valence-electron chi connectivity index (χ3n) is 1.46. The van der Waals surface area contributed by atoms with Crippen molar-refractivity contribution < 1.29 is 4.79 Å². The number of carbonyl (C=O) groups excluding carboxylic acids is 1. The maximum absolute atomic E-state index is 11.1. The van der Waals surface area contributed by atoms with Crippen LogP contribution in [0.1, 0.15) is 13.3 Å². The van der Waals surface area contributed by atoms with Gasteiger partial charge < -0.3 is 0 Å². The number of urea groups is 1. The second-order valence-corrected chi connectivity index (χ2v) is 3.41. The van der Waals surface area contributed by atoms with Crippen LogP contribution >= 0.6 is 11.8 Å². The summed E-state index contributed by atoms with van der Waals surface area (Å²) in [6.45, 7) is 1.89. The first kappa shape index (κ1) is 9.25. The Bertz CT molecular complexity index is 259. The normalized spacial score (nSPS) is 18.6. The molecule has 1 aliphatic rings. The Hall–Kier alpha value is -0.840. The van der Waals surface area contributed by atoms with Crippen LogP contribution in [-0.2, 0) is 0 Å². The van der Waals surface area contributed by atoms with Crippen molar-refractivity contribution in [1.29, 1.82) is 0 Å². The lowest BCUT2D eigenvalue weighted by molar-refractivity contribution is 0.221. The molecule has 12 heavy (non-hydrogen) atoms. The van der Waals surface area contributed by atoms with E-state index in [0.717, 1.165) is 10.8 Å². The molecule has 0 spiro atoms. The third-order valence-corrected chi connectivity index (χ3v) is 2.17. The van der Waals surface area contributed by atoms with E-state index >= 15 is 0 Å². The van der Waals surface area contributed by atoms with Gasteiger partial charge in [-0.2, -0.15) is 10.1 Å². The van der Waals surface area contributed by atoms with E-state index < -0.39 is 0 Å². The number of carbonyl (C=O) groups is 1. The molecule has 0 aliphatic carbocycles. The highest BCUT2D eigenvalue weighted by atomic mass is 32.2. The van der Waals surface area contributed by atoms with Crippen molar-refractivity contribution >= 4 is 28.5 Å². The summed E-state index contributed by atoms with van der Waals surface area (Å²) in [5.41, 5.74) is 0.913. The highest BCUT2D eigenvalue weighted by molar-refractivity contribution is 8.13. The molecule has 0 N–H and O–H groups in total. The molecule has 1 heterocycles. The third kappa shape index (κ3) is 2.07. The molecule has 0 aromatic heterocycles. The molecule has 66 valence electrons. The largest absolute Gasteiger partial charge is 0.364 e. The Kier molecular flexibility index (Phi) is 2.86. The first-order chi connectivity index (χ1) is 5.63. The number of aliphatic imine (C=N–C) groups is 1. The minimum atomic E-state index is -0.295. The minimum Gasteiger partial charge on any atom is -0.244 e. The van der Waals surface area contributed by atoms with Crippen LogP contribution in [0.15, 0.2) is 10.1 Å². The van der Waals surface area contributed by atoms with Gasteiger partial charge in [0.2, 0.25) is 0 Å². The van der Waals surface area contributed by atoms with Gasteiger partial charge in [-0.3, -0.25) is 0 Å². The molecule has 0 saturated carbocycles. The summed E-state index contributed by atoms with van der Waals surface area (Å²) in [5, 5.41) is 6.12. The Morgan fingerprint density at radius 1 is 1.58 bits per heavy atom. The highest BCUT2D eigenvalue weighted by Crippen LogP contribution is 2.10. The Labute approximate surface area is 75.7 Å². The molecule has 0 radical (unpaired) electrons. The van der Waals surface area contributed by atoms with E-state index in [0.29, 0.717) is 6.42 Å². The van der Waals surface area contributed by atoms with E-state index in [-0.39, 0.29) is 6.03 Å². The lowest BCUT2D eigenvalue weighted by Gasteiger charge is -2.04. The van der Waals surface area contributed by atoms with Crippen LogP contribution in [0.4, 0.5) is 4.79 Å². The van der Waals surface area contributed by atoms with Gasteiger partial charge in [-0.25, -0.2) is 9.80 Å². The quantitative estimate of drug-likeness (QED) is 0.575. The smallest absolute Gasteiger partial charge is 0.244 e. The van der Waals surface area contributed by atoms with Gasteiger partial charge in [-0.1, -0.05) is 0 Å². The first-order valence-electron chi connectivity index (χ1n) is 3.57. The van der Waals surface area contributed by atoms with Crippen molar-refractivity contribution in [3.63, 3.8) is 0 Å². The van der Waals surface area contributed by atoms with Crippen molar-refractivity contribution in [2.24, 2.45) is 10.1 Å². The summed E-state index contributed by atoms with van der Waals surface area (Å²) in [6.07, 6.45) is 2.59. The summed E-state index contributed by atoms with van der Waals surface area (Å²) in [4.78, 5) is 15.0. The van der Waals surface area contributed by atoms with Gasteiger partial charge in [0.25, 0.3) is 0 Å². The molecule has 0 atom stereocenters. The van der Waals surface area contributed by atoms with Crippen molar-refractivity contribution in [1.82, 2.24) is 5.01 Å². The van der Waals surface area contributed by atoms with Crippen LogP contribution < -0.4 is 0 Å². The summed E-state index contributed by atoms with van der Waals surface area (Å²) in [7, 11) is 1.61. The fourth-order valence-electron chi connectivity index (χ4n) is 0.889. The molecule has 2 amide bonds. The van der Waals surface area contributed by atoms with Crippen molar-refractivity contribution in [3.8, 4) is 0 Å². The molecule has 4 nitrogen and oxygen atoms in total. The van der Waals surface area contributed by atoms with Crippen LogP contribution in [0.2, 0.25) is 0 Å². The molecule has 0 aromatic carbocycles. The van der Waals surface area contributed by atoms with E-state index in [1.54, 1.807) is 7.05 Å². The van der Waals surface area contributed by atoms with Crippen LogP contribution in [0.5, 0.6) is 0 Å². The number of hydrogen-bond acceptors (Lipinski definition) is 3. The number of hydrazone groups is 1. The van der Waals surface area contributed by atoms with E-state index in [2.05, 4.69) is 10.1 Å². The van der Waals surface area contributed by atoms with E-state index in [1.165, 1.54) is 16.8 Å². The number of thioether (sulfide) groups is 1. The molecule has 0 fully saturated rings. The summed E-state index contributed by atoms with van der Waals surface area (Å²) in [6, 6.07) is -0.295. The molecule has 0 saturated heterocycles. The summed E-state index contributed by atoms with van der Waals surface area (Å²) >= 11 is 1.49. The van der Waals surface area contributed by atoms with Gasteiger partial charge in [-0.05, 0) is 13.2 Å². The SMILES string of the molecule is CSC1=NC(=O)N(C)N=C(C)C1. The van der Waals surface area contributed by atoms with Crippen molar-refractivity contribution in [2.45, 2.75) is 13.3 Å².